The van der Waals surface area contributed by atoms with Gasteiger partial charge >= 0.3 is 0 Å². The third-order valence-corrected chi connectivity index (χ3v) is 8.65. The standard InChI is InChI=1S/C42H27N5/c1-3-13-28(14-4-1)31-18-11-19-32(27-31)41-44-40(30-16-5-2-6-17-30)45-42(46-41)35-22-12-24-38(43-35)47-36-23-10-9-21-34(36)39-33-20-8-7-15-29(33)25-26-37(39)47/h1-27H. The molecule has 0 unspecified atom stereocenters. The highest BCUT2D eigenvalue weighted by Crippen LogP contribution is 2.37. The fraction of sp³-hybridized carbons (Fsp3) is 0. The summed E-state index contributed by atoms with van der Waals surface area (Å²) in [6, 6.07) is 56.2. The van der Waals surface area contributed by atoms with Crippen LogP contribution in [0, 0.1) is 0 Å². The molecule has 0 radical (unpaired) electrons. The predicted molar refractivity (Wildman–Crippen MR) is 191 cm³/mol. The van der Waals surface area contributed by atoms with E-state index in [0.29, 0.717) is 23.2 Å². The molecule has 3 aromatic heterocycles. The fourth-order valence-electron chi connectivity index (χ4n) is 6.46. The summed E-state index contributed by atoms with van der Waals surface area (Å²) in [5.74, 6) is 2.53. The zero-order valence-electron chi connectivity index (χ0n) is 25.3. The van der Waals surface area contributed by atoms with Crippen LogP contribution in [0.15, 0.2) is 164 Å². The maximum absolute atomic E-state index is 5.21. The van der Waals surface area contributed by atoms with Crippen LogP contribution in [0.4, 0.5) is 0 Å². The number of fused-ring (bicyclic) bond motifs is 5. The van der Waals surface area contributed by atoms with Crippen LogP contribution >= 0.6 is 0 Å². The lowest BCUT2D eigenvalue weighted by molar-refractivity contribution is 1.03. The van der Waals surface area contributed by atoms with Gasteiger partial charge in [-0.2, -0.15) is 0 Å². The van der Waals surface area contributed by atoms with Gasteiger partial charge in [0.25, 0.3) is 0 Å². The highest BCUT2D eigenvalue weighted by atomic mass is 15.1. The quantitative estimate of drug-likeness (QED) is 0.197. The molecule has 0 aliphatic carbocycles. The first-order valence-corrected chi connectivity index (χ1v) is 15.7. The molecule has 0 spiro atoms. The van der Waals surface area contributed by atoms with Gasteiger partial charge in [-0.3, -0.25) is 4.57 Å². The average molecular weight is 602 g/mol. The van der Waals surface area contributed by atoms with Gasteiger partial charge in [0.1, 0.15) is 11.5 Å². The van der Waals surface area contributed by atoms with E-state index in [4.69, 9.17) is 19.9 Å². The zero-order valence-corrected chi connectivity index (χ0v) is 25.3. The Bertz CT molecular complexity index is 2570. The summed E-state index contributed by atoms with van der Waals surface area (Å²) in [5, 5.41) is 4.85. The van der Waals surface area contributed by atoms with E-state index in [-0.39, 0.29) is 0 Å². The van der Waals surface area contributed by atoms with Crippen molar-refractivity contribution in [2.24, 2.45) is 0 Å². The first-order valence-electron chi connectivity index (χ1n) is 15.7. The summed E-state index contributed by atoms with van der Waals surface area (Å²) in [6.45, 7) is 0. The van der Waals surface area contributed by atoms with Crippen molar-refractivity contribution in [2.45, 2.75) is 0 Å². The Balaban J connectivity index is 1.23. The molecule has 0 saturated carbocycles. The highest BCUT2D eigenvalue weighted by Gasteiger charge is 2.18. The Hall–Kier alpha value is -6.46. The second-order valence-electron chi connectivity index (χ2n) is 11.5. The normalized spacial score (nSPS) is 11.4. The van der Waals surface area contributed by atoms with Crippen molar-refractivity contribution in [1.29, 1.82) is 0 Å². The topological polar surface area (TPSA) is 56.5 Å². The van der Waals surface area contributed by atoms with Gasteiger partial charge in [-0.25, -0.2) is 19.9 Å². The van der Waals surface area contributed by atoms with Gasteiger partial charge in [-0.15, -0.1) is 0 Å². The molecule has 0 fully saturated rings. The molecule has 0 saturated heterocycles. The van der Waals surface area contributed by atoms with E-state index in [2.05, 4.69) is 102 Å². The molecular formula is C42H27N5. The minimum absolute atomic E-state index is 0.520. The molecule has 9 rings (SSSR count). The molecule has 47 heavy (non-hydrogen) atoms. The zero-order chi connectivity index (χ0) is 31.2. The van der Waals surface area contributed by atoms with E-state index in [9.17, 15) is 0 Å². The first-order chi connectivity index (χ1) is 23.3. The minimum atomic E-state index is 0.520. The average Bonchev–Trinajstić information content (AvgIpc) is 3.50. The summed E-state index contributed by atoms with van der Waals surface area (Å²) in [4.78, 5) is 20.2. The van der Waals surface area contributed by atoms with Crippen LogP contribution in [0.5, 0.6) is 0 Å². The van der Waals surface area contributed by atoms with Crippen molar-refractivity contribution in [3.63, 3.8) is 0 Å². The molecule has 0 N–H and O–H groups in total. The third kappa shape index (κ3) is 4.73. The molecular weight excluding hydrogens is 574 g/mol. The van der Waals surface area contributed by atoms with Gasteiger partial charge in [-0.1, -0.05) is 133 Å². The lowest BCUT2D eigenvalue weighted by Crippen LogP contribution is -2.03. The maximum Gasteiger partial charge on any atom is 0.182 e. The van der Waals surface area contributed by atoms with E-state index in [1.54, 1.807) is 0 Å². The molecule has 5 heteroatoms. The maximum atomic E-state index is 5.21. The number of rotatable bonds is 5. The molecule has 0 aliphatic heterocycles. The summed E-state index contributed by atoms with van der Waals surface area (Å²) in [5.41, 5.74) is 6.95. The Labute approximate surface area is 271 Å². The van der Waals surface area contributed by atoms with Crippen molar-refractivity contribution in [3.05, 3.63) is 164 Å². The van der Waals surface area contributed by atoms with Crippen molar-refractivity contribution in [3.8, 4) is 51.2 Å². The van der Waals surface area contributed by atoms with Crippen molar-refractivity contribution in [2.75, 3.05) is 0 Å². The van der Waals surface area contributed by atoms with Gasteiger partial charge in [0.2, 0.25) is 0 Å². The van der Waals surface area contributed by atoms with Gasteiger partial charge in [0.05, 0.1) is 11.0 Å². The Kier molecular flexibility index (Phi) is 6.39. The number of aromatic nitrogens is 5. The van der Waals surface area contributed by atoms with Gasteiger partial charge in [-0.05, 0) is 52.2 Å². The second kappa shape index (κ2) is 11.2. The van der Waals surface area contributed by atoms with Crippen molar-refractivity contribution in [1.82, 2.24) is 24.5 Å². The van der Waals surface area contributed by atoms with Crippen LogP contribution in [-0.2, 0) is 0 Å². The van der Waals surface area contributed by atoms with Crippen LogP contribution in [0.2, 0.25) is 0 Å². The number of para-hydroxylation sites is 1. The van der Waals surface area contributed by atoms with Crippen LogP contribution < -0.4 is 0 Å². The van der Waals surface area contributed by atoms with Gasteiger partial charge in [0, 0.05) is 21.9 Å². The summed E-state index contributed by atoms with van der Waals surface area (Å²) in [6.07, 6.45) is 0. The molecule has 0 atom stereocenters. The second-order valence-corrected chi connectivity index (χ2v) is 11.5. The highest BCUT2D eigenvalue weighted by molar-refractivity contribution is 6.21. The molecule has 6 aromatic carbocycles. The number of benzene rings is 6. The van der Waals surface area contributed by atoms with Crippen LogP contribution in [0.1, 0.15) is 0 Å². The third-order valence-electron chi connectivity index (χ3n) is 8.65. The lowest BCUT2D eigenvalue weighted by atomic mass is 10.0. The van der Waals surface area contributed by atoms with Crippen LogP contribution in [-0.4, -0.2) is 24.5 Å². The van der Waals surface area contributed by atoms with Gasteiger partial charge in [0.15, 0.2) is 17.5 Å². The fourth-order valence-corrected chi connectivity index (χ4v) is 6.46. The van der Waals surface area contributed by atoms with Crippen LogP contribution in [0.25, 0.3) is 83.8 Å². The summed E-state index contributed by atoms with van der Waals surface area (Å²) in [7, 11) is 0. The van der Waals surface area contributed by atoms with Crippen molar-refractivity contribution >= 4 is 32.6 Å². The predicted octanol–water partition coefficient (Wildman–Crippen LogP) is 10.2. The molecule has 3 heterocycles. The molecule has 9 aromatic rings. The molecule has 220 valence electrons. The number of hydrogen-bond donors (Lipinski definition) is 0. The summed E-state index contributed by atoms with van der Waals surface area (Å²) < 4.78 is 2.24. The number of hydrogen-bond acceptors (Lipinski definition) is 4. The van der Waals surface area contributed by atoms with Gasteiger partial charge < -0.3 is 0 Å². The number of nitrogens with zero attached hydrogens (tertiary/aromatic N) is 5. The van der Waals surface area contributed by atoms with Crippen LogP contribution in [0.3, 0.4) is 0 Å². The summed E-state index contributed by atoms with van der Waals surface area (Å²) >= 11 is 0. The van der Waals surface area contributed by atoms with E-state index in [1.807, 2.05) is 66.7 Å². The molecule has 0 bridgehead atoms. The minimum Gasteiger partial charge on any atom is -0.294 e. The Morgan fingerprint density at radius 3 is 1.81 bits per heavy atom. The Morgan fingerprint density at radius 2 is 0.979 bits per heavy atom. The lowest BCUT2D eigenvalue weighted by Gasteiger charge is -2.11. The van der Waals surface area contributed by atoms with E-state index < -0.39 is 0 Å². The molecule has 0 aliphatic rings. The molecule has 5 nitrogen and oxygen atoms in total. The molecule has 0 amide bonds. The largest absolute Gasteiger partial charge is 0.294 e. The van der Waals surface area contributed by atoms with Crippen molar-refractivity contribution < 1.29 is 0 Å². The van der Waals surface area contributed by atoms with E-state index in [0.717, 1.165) is 39.1 Å². The smallest absolute Gasteiger partial charge is 0.182 e. The first kappa shape index (κ1) is 26.9. The number of pyridine rings is 1. The monoisotopic (exact) mass is 601 g/mol. The Morgan fingerprint density at radius 1 is 0.362 bits per heavy atom. The van der Waals surface area contributed by atoms with E-state index in [1.165, 1.54) is 21.5 Å². The SMILES string of the molecule is c1ccc(-c2cccc(-c3nc(-c4ccccc4)nc(-c4cccc(-n5c6ccccc6c6c7ccccc7ccc65)n4)n3)c2)cc1. The van der Waals surface area contributed by atoms with E-state index >= 15 is 0 Å².